The summed E-state index contributed by atoms with van der Waals surface area (Å²) in [4.78, 5) is 15.8. The van der Waals surface area contributed by atoms with Gasteiger partial charge in [0.25, 0.3) is 5.56 Å². The number of hydrogen-bond acceptors (Lipinski definition) is 4. The van der Waals surface area contributed by atoms with Crippen LogP contribution in [0.4, 0.5) is 5.82 Å². The molecular weight excluding hydrogens is 218 g/mol. The molecule has 2 N–H and O–H groups in total. The average Bonchev–Trinajstić information content (AvgIpc) is 2.27. The van der Waals surface area contributed by atoms with Crippen LogP contribution in [-0.4, -0.2) is 27.3 Å². The molecule has 5 heteroatoms. The summed E-state index contributed by atoms with van der Waals surface area (Å²) in [6.07, 6.45) is 3.49. The van der Waals surface area contributed by atoms with Crippen LogP contribution in [0, 0.1) is 5.92 Å². The number of aliphatic hydroxyl groups is 1. The number of aliphatic hydroxyl groups excluding tert-OH is 1. The highest BCUT2D eigenvalue weighted by molar-refractivity contribution is 5.30. The van der Waals surface area contributed by atoms with Gasteiger partial charge in [0.15, 0.2) is 5.82 Å². The minimum Gasteiger partial charge on any atom is -0.391 e. The summed E-state index contributed by atoms with van der Waals surface area (Å²) in [5, 5.41) is 12.6. The maximum absolute atomic E-state index is 11.8. The largest absolute Gasteiger partial charge is 0.391 e. The molecule has 0 aliphatic heterocycles. The highest BCUT2D eigenvalue weighted by Crippen LogP contribution is 2.04. The summed E-state index contributed by atoms with van der Waals surface area (Å²) < 4.78 is 1.57. The predicted octanol–water partition coefficient (Wildman–Crippen LogP) is 1.08. The van der Waals surface area contributed by atoms with Crippen LogP contribution in [0.15, 0.2) is 17.2 Å². The van der Waals surface area contributed by atoms with Gasteiger partial charge in [-0.15, -0.1) is 0 Å². The monoisotopic (exact) mass is 239 g/mol. The first-order valence-electron chi connectivity index (χ1n) is 6.02. The van der Waals surface area contributed by atoms with E-state index in [0.717, 1.165) is 0 Å². The van der Waals surface area contributed by atoms with E-state index in [-0.39, 0.29) is 5.56 Å². The second-order valence-corrected chi connectivity index (χ2v) is 4.53. The van der Waals surface area contributed by atoms with Gasteiger partial charge in [-0.25, -0.2) is 4.98 Å². The van der Waals surface area contributed by atoms with E-state index in [9.17, 15) is 9.90 Å². The first-order valence-corrected chi connectivity index (χ1v) is 6.02. The molecule has 1 heterocycles. The van der Waals surface area contributed by atoms with Crippen LogP contribution in [-0.2, 0) is 6.54 Å². The number of aromatic nitrogens is 2. The quantitative estimate of drug-likeness (QED) is 0.779. The number of rotatable bonds is 6. The Morgan fingerprint density at radius 3 is 2.82 bits per heavy atom. The van der Waals surface area contributed by atoms with Crippen LogP contribution in [0.5, 0.6) is 0 Å². The molecular formula is C12H21N3O2. The van der Waals surface area contributed by atoms with E-state index in [4.69, 9.17) is 0 Å². The third-order valence-electron chi connectivity index (χ3n) is 2.50. The molecule has 0 aliphatic carbocycles. The fourth-order valence-corrected chi connectivity index (χ4v) is 1.66. The maximum Gasteiger partial charge on any atom is 0.293 e. The van der Waals surface area contributed by atoms with Crippen LogP contribution in [0.1, 0.15) is 27.2 Å². The predicted molar refractivity (Wildman–Crippen MR) is 68.1 cm³/mol. The normalized spacial score (nSPS) is 12.8. The third kappa shape index (κ3) is 4.19. The van der Waals surface area contributed by atoms with Gasteiger partial charge >= 0.3 is 0 Å². The van der Waals surface area contributed by atoms with E-state index in [1.54, 1.807) is 17.0 Å². The molecule has 0 radical (unpaired) electrons. The van der Waals surface area contributed by atoms with Crippen LogP contribution in [0.3, 0.4) is 0 Å². The van der Waals surface area contributed by atoms with Gasteiger partial charge in [-0.3, -0.25) is 4.79 Å². The van der Waals surface area contributed by atoms with Gasteiger partial charge in [-0.1, -0.05) is 13.8 Å². The number of nitrogens with one attached hydrogen (secondary N) is 1. The van der Waals surface area contributed by atoms with Gasteiger partial charge in [-0.05, 0) is 19.3 Å². The Kier molecular flexibility index (Phi) is 5.15. The van der Waals surface area contributed by atoms with E-state index >= 15 is 0 Å². The summed E-state index contributed by atoms with van der Waals surface area (Å²) in [6.45, 7) is 6.97. The molecule has 0 aromatic carbocycles. The standard InChI is InChI=1S/C12H21N3O2/c1-4-15-6-5-13-11(12(15)17)14-8-10(16)7-9(2)3/h5-6,9-10,16H,4,7-8H2,1-3H3,(H,13,14). The fourth-order valence-electron chi connectivity index (χ4n) is 1.66. The summed E-state index contributed by atoms with van der Waals surface area (Å²) >= 11 is 0. The molecule has 0 saturated heterocycles. The molecule has 0 aliphatic rings. The molecule has 1 atom stereocenters. The Morgan fingerprint density at radius 2 is 2.24 bits per heavy atom. The zero-order valence-electron chi connectivity index (χ0n) is 10.7. The first kappa shape index (κ1) is 13.7. The van der Waals surface area contributed by atoms with E-state index in [1.807, 2.05) is 20.8 Å². The van der Waals surface area contributed by atoms with Crippen molar-refractivity contribution in [2.75, 3.05) is 11.9 Å². The lowest BCUT2D eigenvalue weighted by Gasteiger charge is -2.14. The van der Waals surface area contributed by atoms with Gasteiger partial charge in [0.2, 0.25) is 0 Å². The lowest BCUT2D eigenvalue weighted by atomic mass is 10.1. The SMILES string of the molecule is CCn1ccnc(NCC(O)CC(C)C)c1=O. The van der Waals surface area contributed by atoms with Crippen molar-refractivity contribution in [3.05, 3.63) is 22.7 Å². The Labute approximate surface area is 102 Å². The fraction of sp³-hybridized carbons (Fsp3) is 0.667. The highest BCUT2D eigenvalue weighted by Gasteiger charge is 2.09. The minimum absolute atomic E-state index is 0.147. The zero-order chi connectivity index (χ0) is 12.8. The Bertz CT molecular complexity index is 401. The average molecular weight is 239 g/mol. The first-order chi connectivity index (χ1) is 8.04. The molecule has 96 valence electrons. The van der Waals surface area contributed by atoms with Crippen molar-refractivity contribution in [2.24, 2.45) is 5.92 Å². The van der Waals surface area contributed by atoms with E-state index in [2.05, 4.69) is 10.3 Å². The van der Waals surface area contributed by atoms with Crippen molar-refractivity contribution in [1.82, 2.24) is 9.55 Å². The second kappa shape index (κ2) is 6.39. The van der Waals surface area contributed by atoms with Gasteiger partial charge < -0.3 is 15.0 Å². The van der Waals surface area contributed by atoms with Crippen molar-refractivity contribution in [1.29, 1.82) is 0 Å². The number of hydrogen-bond donors (Lipinski definition) is 2. The summed E-state index contributed by atoms with van der Waals surface area (Å²) in [6, 6.07) is 0. The molecule has 0 fully saturated rings. The Balaban J connectivity index is 2.61. The Morgan fingerprint density at radius 1 is 1.53 bits per heavy atom. The van der Waals surface area contributed by atoms with E-state index < -0.39 is 6.10 Å². The van der Waals surface area contributed by atoms with Gasteiger partial charge in [0.1, 0.15) is 0 Å². The van der Waals surface area contributed by atoms with Crippen molar-refractivity contribution in [3.8, 4) is 0 Å². The molecule has 1 aromatic rings. The zero-order valence-corrected chi connectivity index (χ0v) is 10.7. The number of aryl methyl sites for hydroxylation is 1. The van der Waals surface area contributed by atoms with E-state index in [0.29, 0.717) is 31.2 Å². The van der Waals surface area contributed by atoms with Crippen molar-refractivity contribution < 1.29 is 5.11 Å². The van der Waals surface area contributed by atoms with Crippen molar-refractivity contribution in [2.45, 2.75) is 39.8 Å². The summed E-state index contributed by atoms with van der Waals surface area (Å²) in [5.41, 5.74) is -0.147. The molecule has 1 unspecified atom stereocenters. The van der Waals surface area contributed by atoms with Crippen LogP contribution in [0.2, 0.25) is 0 Å². The van der Waals surface area contributed by atoms with Crippen LogP contribution in [0.25, 0.3) is 0 Å². The van der Waals surface area contributed by atoms with Gasteiger partial charge in [0, 0.05) is 25.5 Å². The van der Waals surface area contributed by atoms with Crippen LogP contribution >= 0.6 is 0 Å². The van der Waals surface area contributed by atoms with E-state index in [1.165, 1.54) is 0 Å². The minimum atomic E-state index is -0.452. The van der Waals surface area contributed by atoms with Gasteiger partial charge in [-0.2, -0.15) is 0 Å². The van der Waals surface area contributed by atoms with Crippen molar-refractivity contribution in [3.63, 3.8) is 0 Å². The molecule has 0 amide bonds. The third-order valence-corrected chi connectivity index (χ3v) is 2.50. The molecule has 1 aromatic heterocycles. The molecule has 1 rings (SSSR count). The highest BCUT2D eigenvalue weighted by atomic mass is 16.3. The molecule has 0 spiro atoms. The molecule has 5 nitrogen and oxygen atoms in total. The lowest BCUT2D eigenvalue weighted by molar-refractivity contribution is 0.161. The molecule has 17 heavy (non-hydrogen) atoms. The van der Waals surface area contributed by atoms with Crippen molar-refractivity contribution >= 4 is 5.82 Å². The lowest BCUT2D eigenvalue weighted by Crippen LogP contribution is -2.28. The second-order valence-electron chi connectivity index (χ2n) is 4.53. The maximum atomic E-state index is 11.8. The number of anilines is 1. The van der Waals surface area contributed by atoms with Crippen LogP contribution < -0.4 is 10.9 Å². The topological polar surface area (TPSA) is 67.2 Å². The molecule has 0 bridgehead atoms. The summed E-state index contributed by atoms with van der Waals surface area (Å²) in [5.74, 6) is 0.736. The van der Waals surface area contributed by atoms with Gasteiger partial charge in [0.05, 0.1) is 6.10 Å². The molecule has 0 saturated carbocycles. The Hall–Kier alpha value is -1.36. The number of nitrogens with zero attached hydrogens (tertiary/aromatic N) is 2. The summed E-state index contributed by atoms with van der Waals surface area (Å²) in [7, 11) is 0. The smallest absolute Gasteiger partial charge is 0.293 e.